The topological polar surface area (TPSA) is 62.6 Å². The number of furan rings is 1. The summed E-state index contributed by atoms with van der Waals surface area (Å²) in [6.45, 7) is 2.23. The van der Waals surface area contributed by atoms with Crippen LogP contribution in [0.2, 0.25) is 0 Å². The van der Waals surface area contributed by atoms with E-state index in [0.717, 1.165) is 4.31 Å². The molecule has 0 fully saturated rings. The molecule has 1 heterocycles. The second-order valence-corrected chi connectivity index (χ2v) is 5.86. The zero-order valence-corrected chi connectivity index (χ0v) is 10.9. The predicted molar refractivity (Wildman–Crippen MR) is 64.7 cm³/mol. The molecule has 94 valence electrons. The molecule has 0 aliphatic rings. The molecule has 0 aliphatic heterocycles. The highest BCUT2D eigenvalue weighted by Gasteiger charge is 2.21. The highest BCUT2D eigenvalue weighted by Crippen LogP contribution is 2.16. The summed E-state index contributed by atoms with van der Waals surface area (Å²) in [5, 5.41) is 2.94. The van der Waals surface area contributed by atoms with Gasteiger partial charge in [-0.05, 0) is 19.1 Å². The molecule has 0 saturated heterocycles. The van der Waals surface area contributed by atoms with Crippen molar-refractivity contribution in [1.29, 1.82) is 0 Å². The fourth-order valence-electron chi connectivity index (χ4n) is 1.08. The van der Waals surface area contributed by atoms with E-state index in [-0.39, 0.29) is 11.1 Å². The molecule has 0 radical (unpaired) electrons. The van der Waals surface area contributed by atoms with Gasteiger partial charge in [-0.15, -0.1) is 6.42 Å². The number of nitrogens with zero attached hydrogens (tertiary/aromatic N) is 1. The Morgan fingerprint density at radius 1 is 1.53 bits per heavy atom. The first kappa shape index (κ1) is 13.8. The summed E-state index contributed by atoms with van der Waals surface area (Å²) >= 11 is 0. The normalized spacial score (nSPS) is 13.6. The third kappa shape index (κ3) is 3.33. The van der Waals surface area contributed by atoms with Gasteiger partial charge in [0, 0.05) is 14.1 Å². The van der Waals surface area contributed by atoms with E-state index in [9.17, 15) is 8.42 Å². The van der Waals surface area contributed by atoms with Crippen LogP contribution in [0.4, 0.5) is 0 Å². The van der Waals surface area contributed by atoms with Gasteiger partial charge in [0.25, 0.3) is 10.0 Å². The van der Waals surface area contributed by atoms with Crippen LogP contribution in [0.5, 0.6) is 0 Å². The number of hydrogen-bond acceptors (Lipinski definition) is 4. The van der Waals surface area contributed by atoms with Crippen LogP contribution in [0.1, 0.15) is 12.7 Å². The third-order valence-electron chi connectivity index (χ3n) is 2.20. The second kappa shape index (κ2) is 5.36. The number of nitrogens with one attached hydrogen (secondary N) is 1. The zero-order valence-electron chi connectivity index (χ0n) is 10.1. The van der Waals surface area contributed by atoms with Crippen LogP contribution in [-0.2, 0) is 16.6 Å². The van der Waals surface area contributed by atoms with Crippen molar-refractivity contribution < 1.29 is 12.8 Å². The number of sulfonamides is 1. The van der Waals surface area contributed by atoms with Crippen LogP contribution >= 0.6 is 0 Å². The summed E-state index contributed by atoms with van der Waals surface area (Å²) in [6, 6.07) is 2.97. The highest BCUT2D eigenvalue weighted by atomic mass is 32.2. The Bertz CT molecular complexity index is 511. The molecule has 0 bridgehead atoms. The van der Waals surface area contributed by atoms with Crippen LogP contribution in [-0.4, -0.2) is 32.9 Å². The smallest absolute Gasteiger partial charge is 0.275 e. The van der Waals surface area contributed by atoms with Gasteiger partial charge in [-0.1, -0.05) is 5.92 Å². The highest BCUT2D eigenvalue weighted by molar-refractivity contribution is 7.88. The third-order valence-corrected chi connectivity index (χ3v) is 3.89. The zero-order chi connectivity index (χ0) is 13.1. The van der Waals surface area contributed by atoms with E-state index >= 15 is 0 Å². The summed E-state index contributed by atoms with van der Waals surface area (Å²) in [4.78, 5) is 0. The first-order valence-corrected chi connectivity index (χ1v) is 6.52. The van der Waals surface area contributed by atoms with Gasteiger partial charge in [0.1, 0.15) is 5.76 Å². The lowest BCUT2D eigenvalue weighted by Crippen LogP contribution is -2.23. The second-order valence-electron chi connectivity index (χ2n) is 3.78. The SMILES string of the molecule is C#CC(C)NCc1ccc(S(=O)(=O)N(C)C)o1. The lowest BCUT2D eigenvalue weighted by Gasteiger charge is -2.08. The first-order chi connectivity index (χ1) is 7.87. The van der Waals surface area contributed by atoms with Crippen LogP contribution in [0.15, 0.2) is 21.6 Å². The van der Waals surface area contributed by atoms with Crippen molar-refractivity contribution >= 4 is 10.0 Å². The predicted octanol–water partition coefficient (Wildman–Crippen LogP) is 0.641. The van der Waals surface area contributed by atoms with Crippen molar-refractivity contribution in [1.82, 2.24) is 9.62 Å². The molecule has 17 heavy (non-hydrogen) atoms. The molecule has 1 atom stereocenters. The molecule has 1 aromatic rings. The summed E-state index contributed by atoms with van der Waals surface area (Å²) in [7, 11) is -0.593. The summed E-state index contributed by atoms with van der Waals surface area (Å²) in [5.41, 5.74) is 0. The lowest BCUT2D eigenvalue weighted by atomic mass is 10.3. The molecule has 1 N–H and O–H groups in total. The van der Waals surface area contributed by atoms with Crippen LogP contribution < -0.4 is 5.32 Å². The molecule has 0 saturated carbocycles. The van der Waals surface area contributed by atoms with Crippen molar-refractivity contribution in [3.8, 4) is 12.3 Å². The molecular formula is C11H16N2O3S. The van der Waals surface area contributed by atoms with Gasteiger partial charge in [0.2, 0.25) is 5.09 Å². The monoisotopic (exact) mass is 256 g/mol. The molecule has 0 amide bonds. The minimum absolute atomic E-state index is 0.0624. The van der Waals surface area contributed by atoms with Gasteiger partial charge in [-0.25, -0.2) is 12.7 Å². The molecule has 1 unspecified atom stereocenters. The molecule has 1 aromatic heterocycles. The van der Waals surface area contributed by atoms with E-state index in [1.54, 1.807) is 6.07 Å². The quantitative estimate of drug-likeness (QED) is 0.785. The minimum Gasteiger partial charge on any atom is -0.447 e. The summed E-state index contributed by atoms with van der Waals surface area (Å²) in [5.74, 6) is 3.05. The fourth-order valence-corrected chi connectivity index (χ4v) is 1.90. The first-order valence-electron chi connectivity index (χ1n) is 5.08. The van der Waals surface area contributed by atoms with Gasteiger partial charge in [0.05, 0.1) is 12.6 Å². The van der Waals surface area contributed by atoms with Gasteiger partial charge in [-0.2, -0.15) is 0 Å². The maximum Gasteiger partial charge on any atom is 0.275 e. The van der Waals surface area contributed by atoms with Gasteiger partial charge in [-0.3, -0.25) is 5.32 Å². The minimum atomic E-state index is -3.50. The van der Waals surface area contributed by atoms with E-state index < -0.39 is 10.0 Å². The van der Waals surface area contributed by atoms with Gasteiger partial charge in [0.15, 0.2) is 0 Å². The summed E-state index contributed by atoms with van der Waals surface area (Å²) < 4.78 is 29.8. The van der Waals surface area contributed by atoms with Gasteiger partial charge >= 0.3 is 0 Å². The summed E-state index contributed by atoms with van der Waals surface area (Å²) in [6.07, 6.45) is 5.20. The van der Waals surface area contributed by atoms with Gasteiger partial charge < -0.3 is 4.42 Å². The Kier molecular flexibility index (Phi) is 4.34. The van der Waals surface area contributed by atoms with E-state index in [4.69, 9.17) is 10.8 Å². The number of hydrogen-bond donors (Lipinski definition) is 1. The average Bonchev–Trinajstić information content (AvgIpc) is 2.74. The Morgan fingerprint density at radius 3 is 2.71 bits per heavy atom. The lowest BCUT2D eigenvalue weighted by molar-refractivity contribution is 0.387. The maximum absolute atomic E-state index is 11.7. The Balaban J connectivity index is 2.77. The number of terminal acetylenes is 1. The largest absolute Gasteiger partial charge is 0.447 e. The Hall–Kier alpha value is -1.29. The molecule has 0 aromatic carbocycles. The Morgan fingerprint density at radius 2 is 2.18 bits per heavy atom. The van der Waals surface area contributed by atoms with Crippen molar-refractivity contribution in [2.24, 2.45) is 0 Å². The molecule has 1 rings (SSSR count). The van der Waals surface area contributed by atoms with E-state index in [0.29, 0.717) is 12.3 Å². The van der Waals surface area contributed by atoms with E-state index in [1.807, 2.05) is 6.92 Å². The number of rotatable bonds is 5. The standard InChI is InChI=1S/C11H16N2O3S/c1-5-9(2)12-8-10-6-7-11(16-10)17(14,15)13(3)4/h1,6-7,9,12H,8H2,2-4H3. The fraction of sp³-hybridized carbons (Fsp3) is 0.455. The Labute approximate surface area is 102 Å². The molecule has 0 aliphatic carbocycles. The van der Waals surface area contributed by atoms with Crippen LogP contribution in [0.3, 0.4) is 0 Å². The van der Waals surface area contributed by atoms with Crippen LogP contribution in [0.25, 0.3) is 0 Å². The van der Waals surface area contributed by atoms with Crippen molar-refractivity contribution in [3.63, 3.8) is 0 Å². The average molecular weight is 256 g/mol. The van der Waals surface area contributed by atoms with E-state index in [2.05, 4.69) is 11.2 Å². The van der Waals surface area contributed by atoms with Crippen molar-refractivity contribution in [2.45, 2.75) is 24.6 Å². The molecule has 0 spiro atoms. The molecular weight excluding hydrogens is 240 g/mol. The molecule has 5 nitrogen and oxygen atoms in total. The molecule has 6 heteroatoms. The van der Waals surface area contributed by atoms with E-state index in [1.165, 1.54) is 20.2 Å². The van der Waals surface area contributed by atoms with Crippen molar-refractivity contribution in [2.75, 3.05) is 14.1 Å². The maximum atomic E-state index is 11.7. The van der Waals surface area contributed by atoms with Crippen LogP contribution in [0, 0.1) is 12.3 Å². The van der Waals surface area contributed by atoms with Crippen molar-refractivity contribution in [3.05, 3.63) is 17.9 Å².